The maximum Gasteiger partial charge on any atom is 0.313 e. The molecule has 0 bridgehead atoms. The van der Waals surface area contributed by atoms with Crippen LogP contribution in [-0.2, 0) is 9.53 Å². The van der Waals surface area contributed by atoms with Crippen molar-refractivity contribution in [2.24, 2.45) is 5.92 Å². The molecule has 0 heterocycles. The number of rotatable bonds is 3. The van der Waals surface area contributed by atoms with Gasteiger partial charge in [-0.15, -0.1) is 0 Å². The summed E-state index contributed by atoms with van der Waals surface area (Å²) in [4.78, 5) is 12.3. The van der Waals surface area contributed by atoms with Crippen molar-refractivity contribution in [3.05, 3.63) is 23.3 Å². The lowest BCUT2D eigenvalue weighted by atomic mass is 9.90. The van der Waals surface area contributed by atoms with Gasteiger partial charge in [0.25, 0.3) is 0 Å². The molecular weight excluding hydrogens is 252 g/mol. The van der Waals surface area contributed by atoms with Gasteiger partial charge in [0.15, 0.2) is 0 Å². The van der Waals surface area contributed by atoms with Crippen LogP contribution in [0.3, 0.4) is 0 Å². The van der Waals surface area contributed by atoms with Crippen LogP contribution in [0.15, 0.2) is 23.3 Å². The Bertz CT molecular complexity index is 476. The first-order valence-electron chi connectivity index (χ1n) is 7.00. The van der Waals surface area contributed by atoms with Gasteiger partial charge in [0.1, 0.15) is 23.8 Å². The third-order valence-electron chi connectivity index (χ3n) is 3.45. The van der Waals surface area contributed by atoms with Crippen molar-refractivity contribution in [3.8, 4) is 12.1 Å². The van der Waals surface area contributed by atoms with Gasteiger partial charge >= 0.3 is 5.97 Å². The zero-order valence-electron chi connectivity index (χ0n) is 12.1. The minimum absolute atomic E-state index is 0.0764. The molecule has 0 radical (unpaired) electrons. The molecule has 0 aromatic heterocycles. The van der Waals surface area contributed by atoms with Gasteiger partial charge in [0, 0.05) is 0 Å². The van der Waals surface area contributed by atoms with Gasteiger partial charge < -0.3 is 4.74 Å². The molecule has 0 spiro atoms. The molecule has 1 aliphatic carbocycles. The van der Waals surface area contributed by atoms with Crippen LogP contribution in [0.2, 0.25) is 0 Å². The van der Waals surface area contributed by atoms with Crippen LogP contribution in [-0.4, -0.2) is 12.1 Å². The zero-order valence-corrected chi connectivity index (χ0v) is 12.1. The number of carbonyl (C=O) groups excluding carboxylic acids is 1. The number of carbonyl (C=O) groups is 1. The third-order valence-corrected chi connectivity index (χ3v) is 3.45. The predicted molar refractivity (Wildman–Crippen MR) is 75.2 cm³/mol. The smallest absolute Gasteiger partial charge is 0.313 e. The van der Waals surface area contributed by atoms with Crippen molar-refractivity contribution in [1.29, 1.82) is 10.5 Å². The summed E-state index contributed by atoms with van der Waals surface area (Å²) in [6, 6.07) is 3.82. The first-order valence-corrected chi connectivity index (χ1v) is 7.00. The Morgan fingerprint density at radius 3 is 2.65 bits per heavy atom. The quantitative estimate of drug-likeness (QED) is 0.341. The van der Waals surface area contributed by atoms with Gasteiger partial charge in [-0.05, 0) is 44.8 Å². The molecule has 0 aliphatic heterocycles. The van der Waals surface area contributed by atoms with E-state index in [1.54, 1.807) is 13.0 Å². The van der Waals surface area contributed by atoms with Gasteiger partial charge in [-0.3, -0.25) is 4.79 Å². The lowest BCUT2D eigenvalue weighted by molar-refractivity contribution is -0.150. The van der Waals surface area contributed by atoms with E-state index < -0.39 is 5.92 Å². The van der Waals surface area contributed by atoms with Gasteiger partial charge in [-0.1, -0.05) is 18.9 Å². The normalized spacial score (nSPS) is 20.6. The number of nitriles is 2. The van der Waals surface area contributed by atoms with E-state index in [-0.39, 0.29) is 17.6 Å². The molecule has 2 unspecified atom stereocenters. The molecule has 1 rings (SSSR count). The largest absolute Gasteiger partial charge is 0.458 e. The average Bonchev–Trinajstić information content (AvgIpc) is 2.66. The summed E-state index contributed by atoms with van der Waals surface area (Å²) in [6.07, 6.45) is 7.48. The summed E-state index contributed by atoms with van der Waals surface area (Å²) in [5, 5.41) is 18.1. The average molecular weight is 272 g/mol. The summed E-state index contributed by atoms with van der Waals surface area (Å²) < 4.78 is 5.38. The fourth-order valence-corrected chi connectivity index (χ4v) is 2.49. The molecule has 20 heavy (non-hydrogen) atoms. The number of esters is 1. The van der Waals surface area contributed by atoms with Crippen molar-refractivity contribution >= 4 is 5.97 Å². The maximum atomic E-state index is 12.3. The predicted octanol–water partition coefficient (Wildman–Crippen LogP) is 3.42. The number of allylic oxidation sites excluding steroid dienone is 2. The number of hydrogen-bond donors (Lipinski definition) is 0. The molecule has 0 N–H and O–H groups in total. The molecule has 2 atom stereocenters. The van der Waals surface area contributed by atoms with E-state index in [0.717, 1.165) is 19.3 Å². The van der Waals surface area contributed by atoms with E-state index in [2.05, 4.69) is 0 Å². The van der Waals surface area contributed by atoms with E-state index in [0.29, 0.717) is 18.4 Å². The molecule has 1 aliphatic rings. The number of hydrogen-bond acceptors (Lipinski definition) is 4. The monoisotopic (exact) mass is 272 g/mol. The van der Waals surface area contributed by atoms with E-state index >= 15 is 0 Å². The van der Waals surface area contributed by atoms with Crippen molar-refractivity contribution in [1.82, 2.24) is 0 Å². The highest BCUT2D eigenvalue weighted by Crippen LogP contribution is 2.31. The lowest BCUT2D eigenvalue weighted by Crippen LogP contribution is -2.23. The van der Waals surface area contributed by atoms with E-state index in [9.17, 15) is 4.79 Å². The SMILES string of the molecule is C/C=C/C(C)OC(=O)C1CCCCCC1=C(C#N)C#N. The van der Waals surface area contributed by atoms with Crippen LogP contribution >= 0.6 is 0 Å². The second kappa shape index (κ2) is 8.17. The molecule has 0 aromatic carbocycles. The van der Waals surface area contributed by atoms with Gasteiger partial charge in [0.05, 0.1) is 5.92 Å². The molecule has 1 saturated carbocycles. The molecule has 4 heteroatoms. The molecule has 0 aromatic rings. The Balaban J connectivity index is 2.98. The zero-order chi connectivity index (χ0) is 15.0. The molecule has 106 valence electrons. The van der Waals surface area contributed by atoms with Crippen LogP contribution in [0.4, 0.5) is 0 Å². The van der Waals surface area contributed by atoms with Crippen LogP contribution in [0.5, 0.6) is 0 Å². The highest BCUT2D eigenvalue weighted by atomic mass is 16.5. The Labute approximate surface area is 120 Å². The van der Waals surface area contributed by atoms with Crippen molar-refractivity contribution in [2.75, 3.05) is 0 Å². The highest BCUT2D eigenvalue weighted by Gasteiger charge is 2.29. The molecule has 0 saturated heterocycles. The van der Waals surface area contributed by atoms with Crippen LogP contribution < -0.4 is 0 Å². The molecular formula is C16H20N2O2. The minimum atomic E-state index is -0.445. The van der Waals surface area contributed by atoms with E-state index in [4.69, 9.17) is 15.3 Å². The summed E-state index contributed by atoms with van der Waals surface area (Å²) in [7, 11) is 0. The van der Waals surface area contributed by atoms with Gasteiger partial charge in [0.2, 0.25) is 0 Å². The van der Waals surface area contributed by atoms with Crippen molar-refractivity contribution in [2.45, 2.75) is 52.1 Å². The van der Waals surface area contributed by atoms with Crippen LogP contribution in [0, 0.1) is 28.6 Å². The highest BCUT2D eigenvalue weighted by molar-refractivity contribution is 5.77. The summed E-state index contributed by atoms with van der Waals surface area (Å²) >= 11 is 0. The third kappa shape index (κ3) is 4.24. The molecule has 1 fully saturated rings. The topological polar surface area (TPSA) is 73.9 Å². The Morgan fingerprint density at radius 1 is 1.35 bits per heavy atom. The first-order chi connectivity index (χ1) is 9.63. The fraction of sp³-hybridized carbons (Fsp3) is 0.562. The Kier molecular flexibility index (Phi) is 6.53. The second-order valence-electron chi connectivity index (χ2n) is 4.94. The van der Waals surface area contributed by atoms with E-state index in [1.165, 1.54) is 0 Å². The van der Waals surface area contributed by atoms with Gasteiger partial charge in [-0.2, -0.15) is 10.5 Å². The number of nitrogens with zero attached hydrogens (tertiary/aromatic N) is 2. The van der Waals surface area contributed by atoms with Gasteiger partial charge in [-0.25, -0.2) is 0 Å². The lowest BCUT2D eigenvalue weighted by Gasteiger charge is -2.18. The fourth-order valence-electron chi connectivity index (χ4n) is 2.49. The number of ether oxygens (including phenoxy) is 1. The summed E-state index contributed by atoms with van der Waals surface area (Å²) in [5.74, 6) is -0.769. The molecule has 4 nitrogen and oxygen atoms in total. The van der Waals surface area contributed by atoms with Crippen molar-refractivity contribution < 1.29 is 9.53 Å². The molecule has 0 amide bonds. The summed E-state index contributed by atoms with van der Waals surface area (Å²) in [6.45, 7) is 3.66. The Hall–Kier alpha value is -2.07. The van der Waals surface area contributed by atoms with Crippen LogP contribution in [0.25, 0.3) is 0 Å². The minimum Gasteiger partial charge on any atom is -0.458 e. The first kappa shape index (κ1) is 16.0. The maximum absolute atomic E-state index is 12.3. The standard InChI is InChI=1S/C16H20N2O2/c1-3-7-12(2)20-16(19)15-9-6-4-5-8-14(15)13(10-17)11-18/h3,7,12,15H,4-6,8-9H2,1-2H3/b7-3+. The second-order valence-corrected chi connectivity index (χ2v) is 4.94. The van der Waals surface area contributed by atoms with Crippen molar-refractivity contribution in [3.63, 3.8) is 0 Å². The van der Waals surface area contributed by atoms with Crippen LogP contribution in [0.1, 0.15) is 46.0 Å². The van der Waals surface area contributed by atoms with E-state index in [1.807, 2.05) is 25.1 Å². The summed E-state index contributed by atoms with van der Waals surface area (Å²) in [5.41, 5.74) is 0.734. The Morgan fingerprint density at radius 2 is 2.05 bits per heavy atom.